The molecule has 0 amide bonds. The first-order valence-electron chi connectivity index (χ1n) is 2.13. The number of rotatable bonds is 0. The van der Waals surface area contributed by atoms with Gasteiger partial charge in [0.05, 0.1) is 0 Å². The third-order valence-electron chi connectivity index (χ3n) is 0.756. The quantitative estimate of drug-likeness (QED) is 0.554. The summed E-state index contributed by atoms with van der Waals surface area (Å²) in [5.74, 6) is 0.322. The number of hydrogen-bond donors (Lipinski definition) is 1. The molecule has 0 aliphatic rings. The zero-order valence-electron chi connectivity index (χ0n) is 4.83. The molecule has 1 rings (SSSR count). The fourth-order valence-electron chi connectivity index (χ4n) is 0.428. The molecule has 48 valence electrons. The van der Waals surface area contributed by atoms with Crippen LogP contribution < -0.4 is 0 Å². The maximum absolute atomic E-state index is 8.63. The minimum absolute atomic E-state index is 0. The monoisotopic (exact) mass is 160 g/mol. The fraction of sp³-hybridized carbons (Fsp3) is 0. The van der Waals surface area contributed by atoms with Gasteiger partial charge in [-0.15, -0.1) is 0 Å². The summed E-state index contributed by atoms with van der Waals surface area (Å²) in [4.78, 5) is 0. The molecule has 0 bridgehead atoms. The Hall–Kier alpha value is -0.306. The van der Waals surface area contributed by atoms with Crippen molar-refractivity contribution in [2.24, 2.45) is 0 Å². The van der Waals surface area contributed by atoms with Gasteiger partial charge in [-0.1, -0.05) is 18.2 Å². The molecular formula is C6H8O2Ti. The van der Waals surface area contributed by atoms with Gasteiger partial charge in [-0.05, 0) is 12.1 Å². The Labute approximate surface area is 68.7 Å². The van der Waals surface area contributed by atoms with E-state index < -0.39 is 0 Å². The molecule has 9 heavy (non-hydrogen) atoms. The van der Waals surface area contributed by atoms with E-state index in [1.165, 1.54) is 0 Å². The fourth-order valence-corrected chi connectivity index (χ4v) is 0.428. The maximum Gasteiger partial charge on any atom is 0.115 e. The molecule has 2 nitrogen and oxygen atoms in total. The average Bonchev–Trinajstić information content (AvgIpc) is 1.69. The molecule has 1 aromatic carbocycles. The molecule has 0 saturated carbocycles. The van der Waals surface area contributed by atoms with E-state index in [2.05, 4.69) is 0 Å². The molecule has 1 aromatic rings. The Morgan fingerprint density at radius 1 is 1.00 bits per heavy atom. The van der Waals surface area contributed by atoms with Crippen molar-refractivity contribution in [2.75, 3.05) is 0 Å². The van der Waals surface area contributed by atoms with E-state index in [1.807, 2.05) is 6.07 Å². The summed E-state index contributed by atoms with van der Waals surface area (Å²) in [6.07, 6.45) is 0. The average molecular weight is 160 g/mol. The number of phenolic OH excluding ortho intramolecular Hbond substituents is 1. The Bertz CT molecular complexity index is 141. The molecule has 3 N–H and O–H groups in total. The van der Waals surface area contributed by atoms with E-state index in [-0.39, 0.29) is 27.2 Å². The van der Waals surface area contributed by atoms with E-state index >= 15 is 0 Å². The second kappa shape index (κ2) is 5.82. The SMILES string of the molecule is O.Oc1ccccc1.[Ti]. The van der Waals surface area contributed by atoms with Gasteiger partial charge in [0.15, 0.2) is 0 Å². The normalized spacial score (nSPS) is 6.67. The first-order valence-corrected chi connectivity index (χ1v) is 2.13. The first-order chi connectivity index (χ1) is 3.39. The number of aromatic hydroxyl groups is 1. The van der Waals surface area contributed by atoms with Gasteiger partial charge < -0.3 is 10.6 Å². The molecule has 0 unspecified atom stereocenters. The zero-order valence-corrected chi connectivity index (χ0v) is 6.40. The number of para-hydroxylation sites is 1. The van der Waals surface area contributed by atoms with E-state index in [4.69, 9.17) is 5.11 Å². The summed E-state index contributed by atoms with van der Waals surface area (Å²) in [5.41, 5.74) is 0. The molecule has 0 fully saturated rings. The second-order valence-corrected chi connectivity index (χ2v) is 1.34. The van der Waals surface area contributed by atoms with Crippen molar-refractivity contribution in [1.29, 1.82) is 0 Å². The minimum Gasteiger partial charge on any atom is -0.508 e. The first kappa shape index (κ1) is 11.5. The van der Waals surface area contributed by atoms with Gasteiger partial charge in [-0.25, -0.2) is 0 Å². The van der Waals surface area contributed by atoms with Crippen LogP contribution in [0.1, 0.15) is 0 Å². The predicted molar refractivity (Wildman–Crippen MR) is 31.7 cm³/mol. The molecule has 0 aliphatic heterocycles. The molecular weight excluding hydrogens is 152 g/mol. The van der Waals surface area contributed by atoms with E-state index in [9.17, 15) is 0 Å². The summed E-state index contributed by atoms with van der Waals surface area (Å²) in [7, 11) is 0. The Balaban J connectivity index is 0. The number of hydrogen-bond acceptors (Lipinski definition) is 1. The molecule has 0 spiro atoms. The van der Waals surface area contributed by atoms with E-state index in [1.54, 1.807) is 24.3 Å². The molecule has 0 aromatic heterocycles. The molecule has 0 saturated heterocycles. The predicted octanol–water partition coefficient (Wildman–Crippen LogP) is 0.565. The molecule has 0 atom stereocenters. The topological polar surface area (TPSA) is 51.7 Å². The van der Waals surface area contributed by atoms with Gasteiger partial charge in [0, 0.05) is 21.7 Å². The smallest absolute Gasteiger partial charge is 0.115 e. The van der Waals surface area contributed by atoms with E-state index in [0.29, 0.717) is 5.75 Å². The summed E-state index contributed by atoms with van der Waals surface area (Å²) >= 11 is 0. The summed E-state index contributed by atoms with van der Waals surface area (Å²) in [5, 5.41) is 8.63. The Morgan fingerprint density at radius 3 is 1.67 bits per heavy atom. The zero-order chi connectivity index (χ0) is 5.11. The molecule has 0 heterocycles. The van der Waals surface area contributed by atoms with Crippen LogP contribution in [0, 0.1) is 0 Å². The van der Waals surface area contributed by atoms with Crippen molar-refractivity contribution in [3.8, 4) is 5.75 Å². The maximum atomic E-state index is 8.63. The largest absolute Gasteiger partial charge is 0.508 e. The molecule has 0 radical (unpaired) electrons. The summed E-state index contributed by atoms with van der Waals surface area (Å²) in [6.45, 7) is 0. The van der Waals surface area contributed by atoms with Crippen molar-refractivity contribution in [3.63, 3.8) is 0 Å². The standard InChI is InChI=1S/C6H6O.H2O.Ti/c7-6-4-2-1-3-5-6;;/h1-5,7H;1H2;. The van der Waals surface area contributed by atoms with Crippen LogP contribution in [0.5, 0.6) is 5.75 Å². The summed E-state index contributed by atoms with van der Waals surface area (Å²) in [6, 6.07) is 8.71. The van der Waals surface area contributed by atoms with Gasteiger partial charge in [0.25, 0.3) is 0 Å². The van der Waals surface area contributed by atoms with E-state index in [0.717, 1.165) is 0 Å². The van der Waals surface area contributed by atoms with Crippen LogP contribution in [0.2, 0.25) is 0 Å². The van der Waals surface area contributed by atoms with Crippen LogP contribution in [0.4, 0.5) is 0 Å². The van der Waals surface area contributed by atoms with Crippen LogP contribution >= 0.6 is 0 Å². The van der Waals surface area contributed by atoms with Crippen LogP contribution in [-0.2, 0) is 21.7 Å². The van der Waals surface area contributed by atoms with Gasteiger partial charge >= 0.3 is 0 Å². The third-order valence-corrected chi connectivity index (χ3v) is 0.756. The Kier molecular flexibility index (Phi) is 7.43. The number of phenols is 1. The molecule has 3 heteroatoms. The number of benzene rings is 1. The van der Waals surface area contributed by atoms with Gasteiger partial charge in [0.1, 0.15) is 5.75 Å². The van der Waals surface area contributed by atoms with Crippen molar-refractivity contribution in [2.45, 2.75) is 0 Å². The van der Waals surface area contributed by atoms with Crippen molar-refractivity contribution in [1.82, 2.24) is 0 Å². The minimum atomic E-state index is 0. The van der Waals surface area contributed by atoms with Crippen molar-refractivity contribution < 1.29 is 32.3 Å². The van der Waals surface area contributed by atoms with Crippen LogP contribution in [0.15, 0.2) is 30.3 Å². The third kappa shape index (κ3) is 4.21. The van der Waals surface area contributed by atoms with Crippen molar-refractivity contribution in [3.05, 3.63) is 30.3 Å². The van der Waals surface area contributed by atoms with Crippen LogP contribution in [0.25, 0.3) is 0 Å². The van der Waals surface area contributed by atoms with Gasteiger partial charge in [-0.3, -0.25) is 0 Å². The Morgan fingerprint density at radius 2 is 1.44 bits per heavy atom. The van der Waals surface area contributed by atoms with Gasteiger partial charge in [0.2, 0.25) is 0 Å². The van der Waals surface area contributed by atoms with Crippen molar-refractivity contribution >= 4 is 0 Å². The molecule has 0 aliphatic carbocycles. The van der Waals surface area contributed by atoms with Crippen LogP contribution in [0.3, 0.4) is 0 Å². The van der Waals surface area contributed by atoms with Crippen LogP contribution in [-0.4, -0.2) is 10.6 Å². The summed E-state index contributed by atoms with van der Waals surface area (Å²) < 4.78 is 0. The second-order valence-electron chi connectivity index (χ2n) is 1.34. The van der Waals surface area contributed by atoms with Gasteiger partial charge in [-0.2, -0.15) is 0 Å².